The van der Waals surface area contributed by atoms with Crippen LogP contribution in [-0.4, -0.2) is 33.1 Å². The first-order valence-corrected chi connectivity index (χ1v) is 5.64. The summed E-state index contributed by atoms with van der Waals surface area (Å²) in [6.07, 6.45) is -4.99. The molecule has 0 saturated heterocycles. The second kappa shape index (κ2) is 7.11. The van der Waals surface area contributed by atoms with Gasteiger partial charge in [0.05, 0.1) is 12.1 Å². The van der Waals surface area contributed by atoms with Crippen LogP contribution in [0.2, 0.25) is 0 Å². The number of benzene rings is 1. The molecule has 0 fully saturated rings. The highest BCUT2D eigenvalue weighted by Gasteiger charge is 2.29. The molecule has 0 bridgehead atoms. The van der Waals surface area contributed by atoms with Crippen LogP contribution in [0.4, 0.5) is 23.7 Å². The van der Waals surface area contributed by atoms with Crippen LogP contribution in [0, 0.1) is 0 Å². The number of hydrogen-bond donors (Lipinski definition) is 2. The van der Waals surface area contributed by atoms with Crippen molar-refractivity contribution in [1.82, 2.24) is 5.32 Å². The Morgan fingerprint density at radius 2 is 1.75 bits per heavy atom. The molecule has 1 aromatic rings. The van der Waals surface area contributed by atoms with Crippen LogP contribution >= 0.6 is 0 Å². The SMILES string of the molecule is COC(CNC(=O)Nc1ccc(C(F)(F)F)cc1)OC. The number of hydrogen-bond acceptors (Lipinski definition) is 3. The van der Waals surface area contributed by atoms with Crippen LogP contribution in [0.1, 0.15) is 5.56 Å². The molecule has 1 rings (SSSR count). The Morgan fingerprint density at radius 3 is 2.20 bits per heavy atom. The van der Waals surface area contributed by atoms with E-state index in [1.165, 1.54) is 26.4 Å². The minimum absolute atomic E-state index is 0.111. The molecule has 0 radical (unpaired) electrons. The molecule has 0 unspecified atom stereocenters. The molecule has 2 N–H and O–H groups in total. The minimum Gasteiger partial charge on any atom is -0.354 e. The average Bonchev–Trinajstić information content (AvgIpc) is 2.39. The Balaban J connectivity index is 2.50. The van der Waals surface area contributed by atoms with E-state index < -0.39 is 24.1 Å². The predicted octanol–water partition coefficient (Wildman–Crippen LogP) is 2.45. The second-order valence-corrected chi connectivity index (χ2v) is 3.81. The molecular weight excluding hydrogens is 277 g/mol. The van der Waals surface area contributed by atoms with Gasteiger partial charge in [-0.3, -0.25) is 0 Å². The lowest BCUT2D eigenvalue weighted by molar-refractivity contribution is -0.137. The van der Waals surface area contributed by atoms with Crippen LogP contribution in [-0.2, 0) is 15.7 Å². The summed E-state index contributed by atoms with van der Waals surface area (Å²) in [4.78, 5) is 11.5. The summed E-state index contributed by atoms with van der Waals surface area (Å²) in [7, 11) is 2.84. The fourth-order valence-corrected chi connectivity index (χ4v) is 1.36. The lowest BCUT2D eigenvalue weighted by Crippen LogP contribution is -2.36. The lowest BCUT2D eigenvalue weighted by atomic mass is 10.2. The maximum absolute atomic E-state index is 12.3. The van der Waals surface area contributed by atoms with Gasteiger partial charge < -0.3 is 20.1 Å². The number of amides is 2. The smallest absolute Gasteiger partial charge is 0.354 e. The molecule has 0 aliphatic rings. The molecule has 2 amide bonds. The maximum Gasteiger partial charge on any atom is 0.416 e. The number of anilines is 1. The average molecular weight is 292 g/mol. The van der Waals surface area contributed by atoms with Gasteiger partial charge in [-0.05, 0) is 24.3 Å². The Kier molecular flexibility index (Phi) is 5.78. The number of carbonyl (C=O) groups is 1. The van der Waals surface area contributed by atoms with Crippen molar-refractivity contribution in [1.29, 1.82) is 0 Å². The summed E-state index contributed by atoms with van der Waals surface area (Å²) in [5.41, 5.74) is -0.524. The third kappa shape index (κ3) is 5.06. The fraction of sp³-hybridized carbons (Fsp3) is 0.417. The quantitative estimate of drug-likeness (QED) is 0.820. The number of alkyl halides is 3. The van der Waals surface area contributed by atoms with Gasteiger partial charge in [-0.15, -0.1) is 0 Å². The topological polar surface area (TPSA) is 59.6 Å². The molecule has 0 aliphatic carbocycles. The normalized spacial score (nSPS) is 11.5. The van der Waals surface area contributed by atoms with Gasteiger partial charge in [-0.25, -0.2) is 4.79 Å². The molecule has 0 aliphatic heterocycles. The van der Waals surface area contributed by atoms with Crippen molar-refractivity contribution in [3.63, 3.8) is 0 Å². The molecule has 112 valence electrons. The Hall–Kier alpha value is -1.80. The van der Waals surface area contributed by atoms with E-state index in [1.807, 2.05) is 0 Å². The summed E-state index contributed by atoms with van der Waals surface area (Å²) in [6, 6.07) is 3.56. The van der Waals surface area contributed by atoms with Crippen LogP contribution < -0.4 is 10.6 Å². The molecule has 20 heavy (non-hydrogen) atoms. The van der Waals surface area contributed by atoms with Crippen LogP contribution in [0.15, 0.2) is 24.3 Å². The predicted molar refractivity (Wildman–Crippen MR) is 66.3 cm³/mol. The maximum atomic E-state index is 12.3. The van der Waals surface area contributed by atoms with Gasteiger partial charge in [0.2, 0.25) is 0 Å². The van der Waals surface area contributed by atoms with Gasteiger partial charge in [0.25, 0.3) is 0 Å². The monoisotopic (exact) mass is 292 g/mol. The van der Waals surface area contributed by atoms with E-state index in [0.717, 1.165) is 12.1 Å². The Bertz CT molecular complexity index is 431. The van der Waals surface area contributed by atoms with Crippen LogP contribution in [0.3, 0.4) is 0 Å². The van der Waals surface area contributed by atoms with Crippen LogP contribution in [0.25, 0.3) is 0 Å². The minimum atomic E-state index is -4.40. The number of urea groups is 1. The van der Waals surface area contributed by atoms with Crippen molar-refractivity contribution in [2.45, 2.75) is 12.5 Å². The molecule has 8 heteroatoms. The number of methoxy groups -OCH3 is 2. The number of halogens is 3. The van der Waals surface area contributed by atoms with E-state index in [0.29, 0.717) is 0 Å². The van der Waals surface area contributed by atoms with Gasteiger partial charge in [-0.1, -0.05) is 0 Å². The highest BCUT2D eigenvalue weighted by molar-refractivity contribution is 5.89. The van der Waals surface area contributed by atoms with E-state index in [1.54, 1.807) is 0 Å². The zero-order chi connectivity index (χ0) is 15.2. The van der Waals surface area contributed by atoms with Gasteiger partial charge >= 0.3 is 12.2 Å². The summed E-state index contributed by atoms with van der Waals surface area (Å²) >= 11 is 0. The number of nitrogens with one attached hydrogen (secondary N) is 2. The third-order valence-electron chi connectivity index (χ3n) is 2.43. The van der Waals surface area contributed by atoms with E-state index in [4.69, 9.17) is 9.47 Å². The standard InChI is InChI=1S/C12H15F3N2O3/c1-19-10(20-2)7-16-11(18)17-9-5-3-8(4-6-9)12(13,14)15/h3-6,10H,7H2,1-2H3,(H2,16,17,18). The zero-order valence-electron chi connectivity index (χ0n) is 11.0. The van der Waals surface area contributed by atoms with Gasteiger partial charge in [0.1, 0.15) is 0 Å². The van der Waals surface area contributed by atoms with E-state index >= 15 is 0 Å². The van der Waals surface area contributed by atoms with Gasteiger partial charge in [-0.2, -0.15) is 13.2 Å². The Morgan fingerprint density at radius 1 is 1.20 bits per heavy atom. The first-order chi connectivity index (χ1) is 9.36. The molecular formula is C12H15F3N2O3. The first-order valence-electron chi connectivity index (χ1n) is 5.64. The van der Waals surface area contributed by atoms with E-state index in [-0.39, 0.29) is 12.2 Å². The van der Waals surface area contributed by atoms with Crippen molar-refractivity contribution in [3.05, 3.63) is 29.8 Å². The lowest BCUT2D eigenvalue weighted by Gasteiger charge is -2.14. The van der Waals surface area contributed by atoms with E-state index in [2.05, 4.69) is 10.6 Å². The fourth-order valence-electron chi connectivity index (χ4n) is 1.36. The summed E-state index contributed by atoms with van der Waals surface area (Å²) in [6.45, 7) is 0.111. The highest BCUT2D eigenvalue weighted by atomic mass is 19.4. The number of rotatable bonds is 5. The number of carbonyl (C=O) groups excluding carboxylic acids is 1. The first kappa shape index (κ1) is 16.3. The summed E-state index contributed by atoms with van der Waals surface area (Å²) in [5.74, 6) is 0. The Labute approximate surface area is 114 Å². The molecule has 0 saturated carbocycles. The van der Waals surface area contributed by atoms with Crippen molar-refractivity contribution in [2.24, 2.45) is 0 Å². The second-order valence-electron chi connectivity index (χ2n) is 3.81. The molecule has 0 atom stereocenters. The van der Waals surface area contributed by atoms with Crippen molar-refractivity contribution >= 4 is 11.7 Å². The highest BCUT2D eigenvalue weighted by Crippen LogP contribution is 2.29. The number of ether oxygens (including phenoxy) is 2. The van der Waals surface area contributed by atoms with E-state index in [9.17, 15) is 18.0 Å². The molecule has 1 aromatic carbocycles. The van der Waals surface area contributed by atoms with Gasteiger partial charge in [0.15, 0.2) is 6.29 Å². The van der Waals surface area contributed by atoms with Crippen molar-refractivity contribution < 1.29 is 27.4 Å². The largest absolute Gasteiger partial charge is 0.416 e. The van der Waals surface area contributed by atoms with Crippen molar-refractivity contribution in [3.8, 4) is 0 Å². The summed E-state index contributed by atoms with van der Waals surface area (Å²) < 4.78 is 46.8. The van der Waals surface area contributed by atoms with Gasteiger partial charge in [0, 0.05) is 19.9 Å². The van der Waals surface area contributed by atoms with Crippen molar-refractivity contribution in [2.75, 3.05) is 26.1 Å². The third-order valence-corrected chi connectivity index (χ3v) is 2.43. The molecule has 0 heterocycles. The molecule has 0 aromatic heterocycles. The van der Waals surface area contributed by atoms with Crippen LogP contribution in [0.5, 0.6) is 0 Å². The molecule has 5 nitrogen and oxygen atoms in total. The zero-order valence-corrected chi connectivity index (χ0v) is 11.0. The molecule has 0 spiro atoms. The summed E-state index contributed by atoms with van der Waals surface area (Å²) in [5, 5.41) is 4.85.